The molecule has 3 rings (SSSR count). The minimum Gasteiger partial charge on any atom is -0.213 e. The molecule has 20 heavy (non-hydrogen) atoms. The lowest BCUT2D eigenvalue weighted by atomic mass is 10.2. The summed E-state index contributed by atoms with van der Waals surface area (Å²) < 4.78 is 39.4. The van der Waals surface area contributed by atoms with Gasteiger partial charge in [-0.3, -0.25) is 0 Å². The van der Waals surface area contributed by atoms with Crippen molar-refractivity contribution in [3.8, 4) is 5.69 Å². The highest BCUT2D eigenvalue weighted by atomic mass is 19.4. The predicted octanol–water partition coefficient (Wildman–Crippen LogP) is 3.75. The van der Waals surface area contributed by atoms with Crippen molar-refractivity contribution in [2.24, 2.45) is 0 Å². The van der Waals surface area contributed by atoms with Gasteiger partial charge in [0.1, 0.15) is 5.52 Å². The third-order valence-electron chi connectivity index (χ3n) is 3.05. The van der Waals surface area contributed by atoms with Crippen molar-refractivity contribution in [3.05, 3.63) is 53.6 Å². The fraction of sp³-hybridized carbons (Fsp3) is 0.143. The fourth-order valence-corrected chi connectivity index (χ4v) is 1.98. The first-order valence-electron chi connectivity index (χ1n) is 5.95. The van der Waals surface area contributed by atoms with Crippen molar-refractivity contribution >= 4 is 11.0 Å². The van der Waals surface area contributed by atoms with Gasteiger partial charge in [0.15, 0.2) is 0 Å². The predicted molar refractivity (Wildman–Crippen MR) is 68.6 cm³/mol. The topological polar surface area (TPSA) is 30.7 Å². The van der Waals surface area contributed by atoms with E-state index >= 15 is 0 Å². The first-order valence-corrected chi connectivity index (χ1v) is 5.95. The molecule has 102 valence electrons. The third kappa shape index (κ3) is 2.13. The van der Waals surface area contributed by atoms with Gasteiger partial charge in [-0.05, 0) is 37.3 Å². The zero-order chi connectivity index (χ0) is 14.3. The van der Waals surface area contributed by atoms with Crippen molar-refractivity contribution in [1.29, 1.82) is 0 Å². The zero-order valence-electron chi connectivity index (χ0n) is 10.5. The summed E-state index contributed by atoms with van der Waals surface area (Å²) in [5.74, 6) is 0. The van der Waals surface area contributed by atoms with Crippen LogP contribution in [0.5, 0.6) is 0 Å². The van der Waals surface area contributed by atoms with Gasteiger partial charge in [-0.15, -0.1) is 5.10 Å². The Kier molecular flexibility index (Phi) is 2.74. The summed E-state index contributed by atoms with van der Waals surface area (Å²) in [5.41, 5.74) is 1.90. The summed E-state index contributed by atoms with van der Waals surface area (Å²) in [6.45, 7) is 1.96. The van der Waals surface area contributed by atoms with Gasteiger partial charge in [0.25, 0.3) is 0 Å². The monoisotopic (exact) mass is 277 g/mol. The van der Waals surface area contributed by atoms with Crippen LogP contribution in [0, 0.1) is 6.92 Å². The van der Waals surface area contributed by atoms with E-state index in [9.17, 15) is 13.2 Å². The van der Waals surface area contributed by atoms with Gasteiger partial charge in [0, 0.05) is 0 Å². The van der Waals surface area contributed by atoms with E-state index in [0.29, 0.717) is 5.52 Å². The number of rotatable bonds is 1. The first-order chi connectivity index (χ1) is 9.45. The van der Waals surface area contributed by atoms with Crippen LogP contribution in [-0.4, -0.2) is 15.0 Å². The van der Waals surface area contributed by atoms with Crippen molar-refractivity contribution in [3.63, 3.8) is 0 Å². The molecule has 6 heteroatoms. The zero-order valence-corrected chi connectivity index (χ0v) is 10.5. The second kappa shape index (κ2) is 4.33. The van der Waals surface area contributed by atoms with E-state index < -0.39 is 11.7 Å². The van der Waals surface area contributed by atoms with Gasteiger partial charge in [0.05, 0.1) is 16.8 Å². The minimum atomic E-state index is -4.37. The Morgan fingerprint density at radius 1 is 1.00 bits per heavy atom. The van der Waals surface area contributed by atoms with Gasteiger partial charge >= 0.3 is 6.18 Å². The van der Waals surface area contributed by atoms with Crippen LogP contribution in [0.3, 0.4) is 0 Å². The van der Waals surface area contributed by atoms with Crippen molar-refractivity contribution in [2.45, 2.75) is 13.1 Å². The molecule has 2 aromatic carbocycles. The summed E-state index contributed by atoms with van der Waals surface area (Å²) in [4.78, 5) is 0. The molecule has 0 radical (unpaired) electrons. The normalized spacial score (nSPS) is 12.0. The van der Waals surface area contributed by atoms with Crippen LogP contribution in [0.25, 0.3) is 16.7 Å². The minimum absolute atomic E-state index is 0.223. The smallest absolute Gasteiger partial charge is 0.213 e. The Bertz CT molecular complexity index is 757. The molecule has 0 bridgehead atoms. The fourth-order valence-electron chi connectivity index (χ4n) is 1.98. The third-order valence-corrected chi connectivity index (χ3v) is 3.05. The summed E-state index contributed by atoms with van der Waals surface area (Å²) in [6.07, 6.45) is -4.37. The van der Waals surface area contributed by atoms with E-state index in [0.717, 1.165) is 23.4 Å². The molecule has 3 aromatic rings. The molecule has 0 aliphatic rings. The Morgan fingerprint density at radius 2 is 1.70 bits per heavy atom. The molecule has 0 saturated heterocycles. The number of alkyl halides is 3. The van der Waals surface area contributed by atoms with Crippen LogP contribution in [0.2, 0.25) is 0 Å². The molecule has 0 spiro atoms. The Balaban J connectivity index is 2.13. The number of nitrogens with zero attached hydrogens (tertiary/aromatic N) is 3. The van der Waals surface area contributed by atoms with E-state index in [1.165, 1.54) is 10.7 Å². The maximum atomic E-state index is 12.6. The second-order valence-corrected chi connectivity index (χ2v) is 4.54. The molecule has 0 amide bonds. The summed E-state index contributed by atoms with van der Waals surface area (Å²) in [7, 11) is 0. The van der Waals surface area contributed by atoms with E-state index in [1.807, 2.05) is 31.2 Å². The van der Waals surface area contributed by atoms with Gasteiger partial charge in [-0.2, -0.15) is 13.2 Å². The van der Waals surface area contributed by atoms with Crippen molar-refractivity contribution < 1.29 is 13.2 Å². The summed E-state index contributed by atoms with van der Waals surface area (Å²) >= 11 is 0. The highest BCUT2D eigenvalue weighted by Gasteiger charge is 2.31. The van der Waals surface area contributed by atoms with E-state index in [-0.39, 0.29) is 5.52 Å². The van der Waals surface area contributed by atoms with Crippen LogP contribution in [-0.2, 0) is 6.18 Å². The number of aryl methyl sites for hydroxylation is 1. The molecule has 1 heterocycles. The molecule has 0 fully saturated rings. The van der Waals surface area contributed by atoms with Gasteiger partial charge in [0.2, 0.25) is 0 Å². The number of hydrogen-bond donors (Lipinski definition) is 0. The summed E-state index contributed by atoms with van der Waals surface area (Å²) in [6, 6.07) is 10.9. The van der Waals surface area contributed by atoms with Crippen LogP contribution >= 0.6 is 0 Å². The standard InChI is InChI=1S/C14H10F3N3/c1-9-2-5-11(6-3-9)20-13-7-4-10(14(15,16)17)8-12(13)18-19-20/h2-8H,1H3. The first kappa shape index (κ1) is 12.7. The van der Waals surface area contributed by atoms with Crippen LogP contribution in [0.15, 0.2) is 42.5 Å². The molecule has 0 aliphatic heterocycles. The maximum absolute atomic E-state index is 12.6. The average molecular weight is 277 g/mol. The molecule has 0 saturated carbocycles. The van der Waals surface area contributed by atoms with Crippen LogP contribution in [0.1, 0.15) is 11.1 Å². The van der Waals surface area contributed by atoms with Crippen LogP contribution < -0.4 is 0 Å². The van der Waals surface area contributed by atoms with Crippen LogP contribution in [0.4, 0.5) is 13.2 Å². The van der Waals surface area contributed by atoms with Gasteiger partial charge in [-0.25, -0.2) is 4.68 Å². The Morgan fingerprint density at radius 3 is 2.35 bits per heavy atom. The van der Waals surface area contributed by atoms with Crippen molar-refractivity contribution in [1.82, 2.24) is 15.0 Å². The molecule has 0 unspecified atom stereocenters. The lowest BCUT2D eigenvalue weighted by Gasteiger charge is -2.06. The molecule has 0 N–H and O–H groups in total. The Labute approximate surface area is 112 Å². The van der Waals surface area contributed by atoms with Crippen molar-refractivity contribution in [2.75, 3.05) is 0 Å². The number of halogens is 3. The largest absolute Gasteiger partial charge is 0.416 e. The second-order valence-electron chi connectivity index (χ2n) is 4.54. The molecule has 0 atom stereocenters. The number of aromatic nitrogens is 3. The highest BCUT2D eigenvalue weighted by molar-refractivity contribution is 5.77. The molecular formula is C14H10F3N3. The number of benzene rings is 2. The number of fused-ring (bicyclic) bond motifs is 1. The quantitative estimate of drug-likeness (QED) is 0.678. The highest BCUT2D eigenvalue weighted by Crippen LogP contribution is 2.31. The molecule has 0 aliphatic carbocycles. The SMILES string of the molecule is Cc1ccc(-n2nnc3cc(C(F)(F)F)ccc32)cc1. The van der Waals surface area contributed by atoms with E-state index in [2.05, 4.69) is 10.3 Å². The Hall–Kier alpha value is -2.37. The van der Waals surface area contributed by atoms with E-state index in [1.54, 1.807) is 0 Å². The molecular weight excluding hydrogens is 267 g/mol. The molecule has 3 nitrogen and oxygen atoms in total. The average Bonchev–Trinajstić information content (AvgIpc) is 2.81. The maximum Gasteiger partial charge on any atom is 0.416 e. The molecule has 1 aromatic heterocycles. The van der Waals surface area contributed by atoms with E-state index in [4.69, 9.17) is 0 Å². The van der Waals surface area contributed by atoms with Gasteiger partial charge < -0.3 is 0 Å². The lowest BCUT2D eigenvalue weighted by Crippen LogP contribution is -2.04. The number of hydrogen-bond acceptors (Lipinski definition) is 2. The van der Waals surface area contributed by atoms with Gasteiger partial charge in [-0.1, -0.05) is 22.9 Å². The lowest BCUT2D eigenvalue weighted by molar-refractivity contribution is -0.137. The summed E-state index contributed by atoms with van der Waals surface area (Å²) in [5, 5.41) is 7.72.